The van der Waals surface area contributed by atoms with Crippen molar-refractivity contribution in [2.45, 2.75) is 18.4 Å². The van der Waals surface area contributed by atoms with E-state index in [0.29, 0.717) is 4.90 Å². The molecule has 5 heteroatoms. The van der Waals surface area contributed by atoms with Gasteiger partial charge in [0.2, 0.25) is 0 Å². The zero-order chi connectivity index (χ0) is 13.2. The van der Waals surface area contributed by atoms with Crippen LogP contribution in [0.3, 0.4) is 0 Å². The highest BCUT2D eigenvalue weighted by molar-refractivity contribution is 7.90. The molecule has 0 aliphatic rings. The molecular formula is C13H15NO2S2. The molecule has 2 aromatic rings. The van der Waals surface area contributed by atoms with Crippen molar-refractivity contribution in [1.29, 1.82) is 0 Å². The van der Waals surface area contributed by atoms with E-state index < -0.39 is 9.84 Å². The van der Waals surface area contributed by atoms with Crippen molar-refractivity contribution >= 4 is 26.9 Å². The lowest BCUT2D eigenvalue weighted by atomic mass is 10.2. The van der Waals surface area contributed by atoms with Gasteiger partial charge in [0, 0.05) is 18.5 Å². The van der Waals surface area contributed by atoms with Crippen molar-refractivity contribution in [2.75, 3.05) is 11.6 Å². The third-order valence-electron chi connectivity index (χ3n) is 2.73. The molecule has 1 N–H and O–H groups in total. The summed E-state index contributed by atoms with van der Waals surface area (Å²) in [5.41, 5.74) is 3.47. The van der Waals surface area contributed by atoms with Gasteiger partial charge in [-0.25, -0.2) is 8.42 Å². The predicted octanol–water partition coefficient (Wildman–Crippen LogP) is 3.07. The maximum atomic E-state index is 11.3. The Bertz CT molecular complexity index is 627. The van der Waals surface area contributed by atoms with Gasteiger partial charge >= 0.3 is 0 Å². The number of nitrogens with one attached hydrogen (secondary N) is 1. The van der Waals surface area contributed by atoms with Crippen LogP contribution in [0.2, 0.25) is 0 Å². The molecule has 0 saturated heterocycles. The molecule has 96 valence electrons. The molecule has 0 radical (unpaired) electrons. The molecule has 0 spiro atoms. The second-order valence-corrected chi connectivity index (χ2v) is 6.99. The fourth-order valence-electron chi connectivity index (χ4n) is 1.59. The Morgan fingerprint density at radius 1 is 1.17 bits per heavy atom. The number of hydrogen-bond donors (Lipinski definition) is 1. The van der Waals surface area contributed by atoms with Gasteiger partial charge in [0.05, 0.1) is 4.90 Å². The van der Waals surface area contributed by atoms with E-state index in [1.807, 2.05) is 0 Å². The summed E-state index contributed by atoms with van der Waals surface area (Å²) in [5, 5.41) is 7.51. The first kappa shape index (κ1) is 13.1. The first-order chi connectivity index (χ1) is 8.47. The van der Waals surface area contributed by atoms with Gasteiger partial charge in [-0.2, -0.15) is 11.3 Å². The maximum absolute atomic E-state index is 11.3. The van der Waals surface area contributed by atoms with E-state index in [1.165, 1.54) is 17.4 Å². The monoisotopic (exact) mass is 281 g/mol. The minimum Gasteiger partial charge on any atom is -0.381 e. The van der Waals surface area contributed by atoms with Crippen molar-refractivity contribution in [1.82, 2.24) is 0 Å². The van der Waals surface area contributed by atoms with Gasteiger partial charge in [-0.15, -0.1) is 0 Å². The summed E-state index contributed by atoms with van der Waals surface area (Å²) in [7, 11) is -3.11. The fraction of sp³-hybridized carbons (Fsp3) is 0.231. The Kier molecular flexibility index (Phi) is 3.73. The van der Waals surface area contributed by atoms with Gasteiger partial charge in [-0.3, -0.25) is 0 Å². The number of thiophene rings is 1. The molecule has 0 atom stereocenters. The van der Waals surface area contributed by atoms with Crippen molar-refractivity contribution in [2.24, 2.45) is 0 Å². The van der Waals surface area contributed by atoms with Gasteiger partial charge in [-0.1, -0.05) is 0 Å². The van der Waals surface area contributed by atoms with Gasteiger partial charge in [0.15, 0.2) is 9.84 Å². The van der Waals surface area contributed by atoms with E-state index in [9.17, 15) is 8.42 Å². The summed E-state index contributed by atoms with van der Waals surface area (Å²) in [5.74, 6) is 0. The van der Waals surface area contributed by atoms with E-state index in [0.717, 1.165) is 12.2 Å². The molecule has 0 bridgehead atoms. The SMILES string of the molecule is Cc1cscc1CNc1ccc(S(C)(=O)=O)cc1. The molecule has 0 fully saturated rings. The largest absolute Gasteiger partial charge is 0.381 e. The van der Waals surface area contributed by atoms with Gasteiger partial charge in [0.1, 0.15) is 0 Å². The minimum absolute atomic E-state index is 0.347. The number of rotatable bonds is 4. The van der Waals surface area contributed by atoms with Crippen molar-refractivity contribution < 1.29 is 8.42 Å². The topological polar surface area (TPSA) is 46.2 Å². The van der Waals surface area contributed by atoms with Gasteiger partial charge < -0.3 is 5.32 Å². The molecule has 0 unspecified atom stereocenters. The highest BCUT2D eigenvalue weighted by Gasteiger charge is 2.06. The molecule has 18 heavy (non-hydrogen) atoms. The van der Waals surface area contributed by atoms with Crippen LogP contribution >= 0.6 is 11.3 Å². The van der Waals surface area contributed by atoms with Crippen LogP contribution < -0.4 is 5.32 Å². The first-order valence-corrected chi connectivity index (χ1v) is 8.36. The lowest BCUT2D eigenvalue weighted by Gasteiger charge is -2.07. The third kappa shape index (κ3) is 3.11. The van der Waals surface area contributed by atoms with Gasteiger partial charge in [0.25, 0.3) is 0 Å². The van der Waals surface area contributed by atoms with Crippen LogP contribution in [0.5, 0.6) is 0 Å². The Labute approximate surface area is 111 Å². The molecule has 1 aromatic carbocycles. The van der Waals surface area contributed by atoms with Crippen LogP contribution in [0, 0.1) is 6.92 Å². The maximum Gasteiger partial charge on any atom is 0.175 e. The Morgan fingerprint density at radius 3 is 2.33 bits per heavy atom. The number of sulfone groups is 1. The average Bonchev–Trinajstić information content (AvgIpc) is 2.72. The number of aryl methyl sites for hydroxylation is 1. The van der Waals surface area contributed by atoms with Crippen molar-refractivity contribution in [3.63, 3.8) is 0 Å². The van der Waals surface area contributed by atoms with E-state index in [2.05, 4.69) is 23.0 Å². The molecule has 2 rings (SSSR count). The summed E-state index contributed by atoms with van der Waals surface area (Å²) in [6, 6.07) is 6.83. The number of anilines is 1. The zero-order valence-electron chi connectivity index (χ0n) is 10.3. The quantitative estimate of drug-likeness (QED) is 0.937. The average molecular weight is 281 g/mol. The molecule has 3 nitrogen and oxygen atoms in total. The Hall–Kier alpha value is -1.33. The predicted molar refractivity (Wildman–Crippen MR) is 75.9 cm³/mol. The van der Waals surface area contributed by atoms with Crippen LogP contribution in [0.25, 0.3) is 0 Å². The van der Waals surface area contributed by atoms with Crippen LogP contribution in [0.4, 0.5) is 5.69 Å². The lowest BCUT2D eigenvalue weighted by molar-refractivity contribution is 0.602. The second kappa shape index (κ2) is 5.12. The fourth-order valence-corrected chi connectivity index (χ4v) is 3.07. The summed E-state index contributed by atoms with van der Waals surface area (Å²) in [6.07, 6.45) is 1.21. The van der Waals surface area contributed by atoms with Gasteiger partial charge in [-0.05, 0) is 53.1 Å². The standard InChI is InChI=1S/C13H15NO2S2/c1-10-8-17-9-11(10)7-14-12-3-5-13(6-4-12)18(2,15)16/h3-6,8-9,14H,7H2,1-2H3. The normalized spacial score (nSPS) is 11.4. The van der Waals surface area contributed by atoms with Crippen molar-refractivity contribution in [3.05, 3.63) is 46.2 Å². The lowest BCUT2D eigenvalue weighted by Crippen LogP contribution is -2.01. The molecule has 1 aromatic heterocycles. The molecule has 0 aliphatic carbocycles. The summed E-state index contributed by atoms with van der Waals surface area (Å²) < 4.78 is 22.6. The van der Waals surface area contributed by atoms with E-state index in [4.69, 9.17) is 0 Å². The molecule has 0 aliphatic heterocycles. The third-order valence-corrected chi connectivity index (χ3v) is 4.77. The molecular weight excluding hydrogens is 266 g/mol. The summed E-state index contributed by atoms with van der Waals surface area (Å²) in [6.45, 7) is 2.84. The van der Waals surface area contributed by atoms with Crippen LogP contribution in [-0.4, -0.2) is 14.7 Å². The Balaban J connectivity index is 2.05. The van der Waals surface area contributed by atoms with Crippen LogP contribution in [0.1, 0.15) is 11.1 Å². The van der Waals surface area contributed by atoms with E-state index in [-0.39, 0.29) is 0 Å². The van der Waals surface area contributed by atoms with Crippen LogP contribution in [-0.2, 0) is 16.4 Å². The first-order valence-electron chi connectivity index (χ1n) is 5.52. The Morgan fingerprint density at radius 2 is 1.83 bits per heavy atom. The molecule has 0 saturated carbocycles. The van der Waals surface area contributed by atoms with E-state index in [1.54, 1.807) is 35.6 Å². The molecule has 0 amide bonds. The summed E-state index contributed by atoms with van der Waals surface area (Å²) >= 11 is 1.69. The highest BCUT2D eigenvalue weighted by atomic mass is 32.2. The van der Waals surface area contributed by atoms with Crippen molar-refractivity contribution in [3.8, 4) is 0 Å². The molecule has 1 heterocycles. The smallest absolute Gasteiger partial charge is 0.175 e. The second-order valence-electron chi connectivity index (χ2n) is 4.23. The minimum atomic E-state index is -3.11. The van der Waals surface area contributed by atoms with E-state index >= 15 is 0 Å². The van der Waals surface area contributed by atoms with Crippen LogP contribution in [0.15, 0.2) is 39.9 Å². The zero-order valence-corrected chi connectivity index (χ0v) is 11.9. The number of benzene rings is 1. The highest BCUT2D eigenvalue weighted by Crippen LogP contribution is 2.17. The summed E-state index contributed by atoms with van der Waals surface area (Å²) in [4.78, 5) is 0.347. The number of hydrogen-bond acceptors (Lipinski definition) is 4.